The molecule has 1 aliphatic heterocycles. The van der Waals surface area contributed by atoms with Gasteiger partial charge in [0.15, 0.2) is 0 Å². The number of aliphatic hydroxyl groups is 1. The fourth-order valence-electron chi connectivity index (χ4n) is 3.18. The molecule has 6 nitrogen and oxygen atoms in total. The van der Waals surface area contributed by atoms with Crippen LogP contribution in [0.25, 0.3) is 5.76 Å². The summed E-state index contributed by atoms with van der Waals surface area (Å²) in [5, 5.41) is 10.9. The van der Waals surface area contributed by atoms with Crippen LogP contribution in [0.3, 0.4) is 0 Å². The quantitative estimate of drug-likeness (QED) is 0.499. The van der Waals surface area contributed by atoms with Crippen molar-refractivity contribution in [1.82, 2.24) is 9.80 Å². The van der Waals surface area contributed by atoms with Gasteiger partial charge >= 0.3 is 0 Å². The Morgan fingerprint density at radius 3 is 2.33 bits per heavy atom. The molecule has 1 aliphatic rings. The largest absolute Gasteiger partial charge is 0.507 e. The van der Waals surface area contributed by atoms with Crippen molar-refractivity contribution in [3.8, 4) is 0 Å². The minimum atomic E-state index is -0.736. The fourth-order valence-corrected chi connectivity index (χ4v) is 3.18. The van der Waals surface area contributed by atoms with E-state index < -0.39 is 17.7 Å². The molecule has 0 spiro atoms. The second-order valence-electron chi connectivity index (χ2n) is 7.11. The van der Waals surface area contributed by atoms with Crippen LogP contribution in [-0.4, -0.2) is 53.8 Å². The molecular formula is C21H24N2O4. The first-order valence-corrected chi connectivity index (χ1v) is 8.86. The highest BCUT2D eigenvalue weighted by Crippen LogP contribution is 2.39. The molecule has 1 fully saturated rings. The van der Waals surface area contributed by atoms with E-state index in [1.807, 2.05) is 38.1 Å². The zero-order valence-electron chi connectivity index (χ0n) is 16.0. The van der Waals surface area contributed by atoms with Crippen molar-refractivity contribution >= 4 is 17.4 Å². The van der Waals surface area contributed by atoms with Crippen LogP contribution in [-0.2, 0) is 9.59 Å². The molecule has 1 aromatic carbocycles. The van der Waals surface area contributed by atoms with Crippen LogP contribution in [0.1, 0.15) is 28.7 Å². The molecule has 1 atom stereocenters. The van der Waals surface area contributed by atoms with Crippen LogP contribution in [0.15, 0.2) is 46.4 Å². The van der Waals surface area contributed by atoms with E-state index >= 15 is 0 Å². The van der Waals surface area contributed by atoms with Crippen LogP contribution in [0.5, 0.6) is 0 Å². The fraction of sp³-hybridized carbons (Fsp3) is 0.333. The van der Waals surface area contributed by atoms with Gasteiger partial charge in [0.05, 0.1) is 5.57 Å². The molecule has 6 heteroatoms. The lowest BCUT2D eigenvalue weighted by Crippen LogP contribution is -2.35. The Labute approximate surface area is 158 Å². The van der Waals surface area contributed by atoms with Crippen LogP contribution in [0.2, 0.25) is 0 Å². The average Bonchev–Trinajstić information content (AvgIpc) is 3.15. The monoisotopic (exact) mass is 368 g/mol. The highest BCUT2D eigenvalue weighted by atomic mass is 16.3. The normalized spacial score (nSPS) is 19.3. The number of hydrogen-bond donors (Lipinski definition) is 1. The number of aryl methyl sites for hydroxylation is 2. The number of amides is 1. The number of nitrogens with zero attached hydrogens (tertiary/aromatic N) is 2. The molecule has 0 saturated carbocycles. The van der Waals surface area contributed by atoms with E-state index in [9.17, 15) is 14.7 Å². The van der Waals surface area contributed by atoms with Crippen molar-refractivity contribution in [2.75, 3.05) is 27.2 Å². The van der Waals surface area contributed by atoms with Gasteiger partial charge in [-0.1, -0.05) is 29.8 Å². The number of carbonyl (C=O) groups excluding carboxylic acids is 2. The maximum absolute atomic E-state index is 12.8. The van der Waals surface area contributed by atoms with E-state index in [0.29, 0.717) is 30.2 Å². The van der Waals surface area contributed by atoms with E-state index in [2.05, 4.69) is 0 Å². The Hall–Kier alpha value is -2.86. The van der Waals surface area contributed by atoms with Gasteiger partial charge < -0.3 is 19.3 Å². The molecule has 3 rings (SSSR count). The first-order valence-electron chi connectivity index (χ1n) is 8.86. The molecule has 0 radical (unpaired) electrons. The molecule has 2 heterocycles. The zero-order chi connectivity index (χ0) is 19.7. The van der Waals surface area contributed by atoms with Crippen LogP contribution < -0.4 is 0 Å². The molecule has 1 amide bonds. The number of carbonyl (C=O) groups is 2. The van der Waals surface area contributed by atoms with Gasteiger partial charge in [0.1, 0.15) is 23.3 Å². The van der Waals surface area contributed by atoms with E-state index in [0.717, 1.165) is 5.56 Å². The minimum absolute atomic E-state index is 0.0666. The van der Waals surface area contributed by atoms with Crippen LogP contribution >= 0.6 is 0 Å². The third kappa shape index (κ3) is 3.66. The number of hydrogen-bond acceptors (Lipinski definition) is 5. The second-order valence-corrected chi connectivity index (χ2v) is 7.11. The molecule has 1 aromatic heterocycles. The Kier molecular flexibility index (Phi) is 5.19. The first kappa shape index (κ1) is 18.9. The standard InChI is InChI=1S/C21H24N2O4/c1-13-5-8-15(9-6-13)19(24)17-18(16-10-7-14(2)27-16)23(12-11-22(3)4)21(26)20(17)25/h5-10,18,24H,11-12H2,1-4H3/b19-17+/t18-/m1/s1. The lowest BCUT2D eigenvalue weighted by atomic mass is 9.99. The van der Waals surface area contributed by atoms with Gasteiger partial charge in [0.25, 0.3) is 11.7 Å². The van der Waals surface area contributed by atoms with Crippen molar-refractivity contribution in [2.24, 2.45) is 0 Å². The molecular weight excluding hydrogens is 344 g/mol. The van der Waals surface area contributed by atoms with Crippen molar-refractivity contribution in [3.63, 3.8) is 0 Å². The average molecular weight is 368 g/mol. The summed E-state index contributed by atoms with van der Waals surface area (Å²) in [6.45, 7) is 4.69. The third-order valence-corrected chi connectivity index (χ3v) is 4.68. The van der Waals surface area contributed by atoms with Crippen LogP contribution in [0.4, 0.5) is 0 Å². The Morgan fingerprint density at radius 1 is 1.11 bits per heavy atom. The maximum atomic E-state index is 12.8. The SMILES string of the molecule is Cc1ccc(/C(O)=C2\C(=O)C(=O)N(CCN(C)C)[C@@H]2c2ccc(C)o2)cc1. The summed E-state index contributed by atoms with van der Waals surface area (Å²) in [5.41, 5.74) is 1.60. The van der Waals surface area contributed by atoms with Gasteiger partial charge in [-0.15, -0.1) is 0 Å². The van der Waals surface area contributed by atoms with E-state index in [1.165, 1.54) is 4.90 Å². The maximum Gasteiger partial charge on any atom is 0.295 e. The molecule has 1 saturated heterocycles. The number of Topliss-reactive ketones (excluding diaryl/α,β-unsaturated/α-hetero) is 1. The number of ketones is 1. The summed E-state index contributed by atoms with van der Waals surface area (Å²) in [4.78, 5) is 28.9. The first-order chi connectivity index (χ1) is 12.8. The number of likely N-dealkylation sites (tertiary alicyclic amines) is 1. The molecule has 1 N–H and O–H groups in total. The Balaban J connectivity index is 2.11. The smallest absolute Gasteiger partial charge is 0.295 e. The molecule has 0 bridgehead atoms. The minimum Gasteiger partial charge on any atom is -0.507 e. The lowest BCUT2D eigenvalue weighted by molar-refractivity contribution is -0.140. The van der Waals surface area contributed by atoms with E-state index in [4.69, 9.17) is 4.42 Å². The van der Waals surface area contributed by atoms with E-state index in [1.54, 1.807) is 31.2 Å². The van der Waals surface area contributed by atoms with Crippen molar-refractivity contribution in [1.29, 1.82) is 0 Å². The van der Waals surface area contributed by atoms with Crippen molar-refractivity contribution < 1.29 is 19.1 Å². The number of rotatable bonds is 5. The summed E-state index contributed by atoms with van der Waals surface area (Å²) in [7, 11) is 3.80. The molecule has 0 unspecified atom stereocenters. The van der Waals surface area contributed by atoms with Gasteiger partial charge in [0.2, 0.25) is 0 Å². The topological polar surface area (TPSA) is 74.0 Å². The predicted octanol–water partition coefficient (Wildman–Crippen LogP) is 2.88. The summed E-state index contributed by atoms with van der Waals surface area (Å²) in [6.07, 6.45) is 0. The molecule has 142 valence electrons. The van der Waals surface area contributed by atoms with Gasteiger partial charge in [-0.05, 0) is 40.1 Å². The van der Waals surface area contributed by atoms with Gasteiger partial charge in [0, 0.05) is 18.7 Å². The lowest BCUT2D eigenvalue weighted by Gasteiger charge is -2.24. The second kappa shape index (κ2) is 7.40. The molecule has 0 aliphatic carbocycles. The van der Waals surface area contributed by atoms with Gasteiger partial charge in [-0.2, -0.15) is 0 Å². The summed E-state index contributed by atoms with van der Waals surface area (Å²) in [6, 6.07) is 9.97. The van der Waals surface area contributed by atoms with Gasteiger partial charge in [-0.3, -0.25) is 9.59 Å². The third-order valence-electron chi connectivity index (χ3n) is 4.68. The summed E-state index contributed by atoms with van der Waals surface area (Å²) in [5.74, 6) is -0.340. The number of benzene rings is 1. The number of aliphatic hydroxyl groups excluding tert-OH is 1. The highest BCUT2D eigenvalue weighted by Gasteiger charge is 2.47. The Morgan fingerprint density at radius 2 is 1.78 bits per heavy atom. The van der Waals surface area contributed by atoms with Gasteiger partial charge in [-0.25, -0.2) is 0 Å². The predicted molar refractivity (Wildman–Crippen MR) is 102 cm³/mol. The number of likely N-dealkylation sites (N-methyl/N-ethyl adjacent to an activating group) is 1. The molecule has 2 aromatic rings. The van der Waals surface area contributed by atoms with E-state index in [-0.39, 0.29) is 11.3 Å². The number of furan rings is 1. The van der Waals surface area contributed by atoms with Crippen molar-refractivity contribution in [2.45, 2.75) is 19.9 Å². The molecule has 27 heavy (non-hydrogen) atoms. The summed E-state index contributed by atoms with van der Waals surface area (Å²) < 4.78 is 5.73. The van der Waals surface area contributed by atoms with Crippen LogP contribution in [0, 0.1) is 13.8 Å². The highest BCUT2D eigenvalue weighted by molar-refractivity contribution is 6.46. The zero-order valence-corrected chi connectivity index (χ0v) is 16.0. The summed E-state index contributed by atoms with van der Waals surface area (Å²) >= 11 is 0. The Bertz CT molecular complexity index is 893. The van der Waals surface area contributed by atoms with Crippen molar-refractivity contribution in [3.05, 3.63) is 64.6 Å².